The van der Waals surface area contributed by atoms with Crippen LogP contribution in [0, 0.1) is 19.0 Å². The van der Waals surface area contributed by atoms with E-state index in [1.807, 2.05) is 0 Å². The van der Waals surface area contributed by atoms with Crippen LogP contribution in [0.15, 0.2) is 0 Å². The van der Waals surface area contributed by atoms with Gasteiger partial charge in [-0.2, -0.15) is 0 Å². The fraction of sp³-hybridized carbons (Fsp3) is 0.500. The maximum Gasteiger partial charge on any atom is 0.109 e. The lowest BCUT2D eigenvalue weighted by Crippen LogP contribution is -1.65. The van der Waals surface area contributed by atoms with Crippen LogP contribution >= 0.6 is 0 Å². The summed E-state index contributed by atoms with van der Waals surface area (Å²) in [7, 11) is 1.55. The minimum absolute atomic E-state index is 0.827. The van der Waals surface area contributed by atoms with Crippen LogP contribution in [0.3, 0.4) is 0 Å². The lowest BCUT2D eigenvalue weighted by Gasteiger charge is -1.76. The minimum atomic E-state index is 0.827. The fourth-order valence-corrected chi connectivity index (χ4v) is 0.212. The molecule has 0 aliphatic heterocycles. The monoisotopic (exact) mass is 97.1 g/mol. The topological polar surface area (TPSA) is 9.23 Å². The van der Waals surface area contributed by atoms with Crippen molar-refractivity contribution in [2.24, 2.45) is 0 Å². The Morgan fingerprint density at radius 3 is 2.86 bits per heavy atom. The van der Waals surface area contributed by atoms with Gasteiger partial charge in [0.1, 0.15) is 6.11 Å². The Balaban J connectivity index is 2.91. The number of unbranched alkanes of at least 4 members (excludes halogenated alkanes) is 1. The highest BCUT2D eigenvalue weighted by atomic mass is 16.5. The smallest absolute Gasteiger partial charge is 0.109 e. The minimum Gasteiger partial charge on any atom is -0.450 e. The van der Waals surface area contributed by atoms with Crippen LogP contribution in [0.4, 0.5) is 0 Å². The molecule has 39 valence electrons. The van der Waals surface area contributed by atoms with Crippen molar-refractivity contribution in [1.82, 2.24) is 0 Å². The highest BCUT2D eigenvalue weighted by molar-refractivity contribution is 4.90. The molecule has 0 saturated heterocycles. The number of rotatable bonds is 1. The highest BCUT2D eigenvalue weighted by Gasteiger charge is 1.66. The predicted octanol–water partition coefficient (Wildman–Crippen LogP) is 1.21. The average molecular weight is 97.1 g/mol. The van der Waals surface area contributed by atoms with Crippen LogP contribution in [0.2, 0.25) is 0 Å². The third-order valence-corrected chi connectivity index (χ3v) is 0.476. The second-order valence-corrected chi connectivity index (χ2v) is 1.09. The van der Waals surface area contributed by atoms with E-state index >= 15 is 0 Å². The van der Waals surface area contributed by atoms with E-state index in [0.717, 1.165) is 12.8 Å². The molecule has 0 aliphatic carbocycles. The summed E-state index contributed by atoms with van der Waals surface area (Å²) in [5, 5.41) is 0. The first-order valence-electron chi connectivity index (χ1n) is 2.22. The van der Waals surface area contributed by atoms with E-state index in [1.165, 1.54) is 0 Å². The van der Waals surface area contributed by atoms with Gasteiger partial charge in [0.05, 0.1) is 7.11 Å². The lowest BCUT2D eigenvalue weighted by atomic mass is 10.4. The summed E-state index contributed by atoms with van der Waals surface area (Å²) in [6, 6.07) is 0. The van der Waals surface area contributed by atoms with Gasteiger partial charge in [0.25, 0.3) is 0 Å². The molecule has 0 aromatic rings. The second kappa shape index (κ2) is 5.36. The Bertz CT molecular complexity index is 75.9. The van der Waals surface area contributed by atoms with Crippen LogP contribution in [-0.4, -0.2) is 7.11 Å². The molecule has 0 unspecified atom stereocenters. The molecule has 0 fully saturated rings. The molecule has 1 nitrogen and oxygen atoms in total. The zero-order valence-corrected chi connectivity index (χ0v) is 4.53. The van der Waals surface area contributed by atoms with Gasteiger partial charge in [0, 0.05) is 6.42 Å². The summed E-state index contributed by atoms with van der Waals surface area (Å²) in [6.07, 6.45) is 4.14. The predicted molar refractivity (Wildman–Crippen MR) is 29.4 cm³/mol. The summed E-state index contributed by atoms with van der Waals surface area (Å²) in [5.74, 6) is 2.75. The third kappa shape index (κ3) is 5.36. The molecule has 0 rings (SSSR count). The summed E-state index contributed by atoms with van der Waals surface area (Å²) in [6.45, 7) is 3.60. The Morgan fingerprint density at radius 1 is 1.71 bits per heavy atom. The van der Waals surface area contributed by atoms with Crippen molar-refractivity contribution >= 4 is 0 Å². The quantitative estimate of drug-likeness (QED) is 0.447. The number of methoxy groups -OCH3 is 1. The molecular formula is C6H9O. The Morgan fingerprint density at radius 2 is 2.43 bits per heavy atom. The largest absolute Gasteiger partial charge is 0.450 e. The van der Waals surface area contributed by atoms with Gasteiger partial charge in [-0.3, -0.25) is 0 Å². The Kier molecular flexibility index (Phi) is 4.87. The summed E-state index contributed by atoms with van der Waals surface area (Å²) < 4.78 is 4.46. The Labute approximate surface area is 44.7 Å². The van der Waals surface area contributed by atoms with Gasteiger partial charge in [-0.15, -0.1) is 0 Å². The van der Waals surface area contributed by atoms with Crippen LogP contribution in [0.5, 0.6) is 0 Å². The third-order valence-electron chi connectivity index (χ3n) is 0.476. The van der Waals surface area contributed by atoms with Gasteiger partial charge < -0.3 is 4.74 Å². The van der Waals surface area contributed by atoms with Crippen molar-refractivity contribution in [2.45, 2.75) is 12.8 Å². The van der Waals surface area contributed by atoms with Gasteiger partial charge in [-0.25, -0.2) is 0 Å². The zero-order chi connectivity index (χ0) is 5.54. The molecule has 7 heavy (non-hydrogen) atoms. The molecule has 0 atom stereocenters. The van der Waals surface area contributed by atoms with Crippen molar-refractivity contribution in [3.05, 3.63) is 6.92 Å². The van der Waals surface area contributed by atoms with Gasteiger partial charge in [-0.05, 0) is 6.42 Å². The lowest BCUT2D eigenvalue weighted by molar-refractivity contribution is 0.371. The normalized spacial score (nSPS) is 6.57. The van der Waals surface area contributed by atoms with E-state index in [0.29, 0.717) is 0 Å². The number of hydrogen-bond acceptors (Lipinski definition) is 1. The van der Waals surface area contributed by atoms with Crippen LogP contribution < -0.4 is 0 Å². The fourth-order valence-electron chi connectivity index (χ4n) is 0.212. The van der Waals surface area contributed by atoms with Crippen molar-refractivity contribution in [3.8, 4) is 12.0 Å². The summed E-state index contributed by atoms with van der Waals surface area (Å²) >= 11 is 0. The van der Waals surface area contributed by atoms with E-state index in [9.17, 15) is 0 Å². The molecule has 0 aliphatic rings. The maximum atomic E-state index is 4.46. The van der Waals surface area contributed by atoms with Crippen molar-refractivity contribution in [1.29, 1.82) is 0 Å². The first-order chi connectivity index (χ1) is 3.41. The first-order valence-corrected chi connectivity index (χ1v) is 2.22. The van der Waals surface area contributed by atoms with Crippen molar-refractivity contribution in [3.63, 3.8) is 0 Å². The number of ether oxygens (including phenoxy) is 1. The molecule has 1 radical (unpaired) electrons. The van der Waals surface area contributed by atoms with E-state index in [-0.39, 0.29) is 0 Å². The van der Waals surface area contributed by atoms with E-state index < -0.39 is 0 Å². The molecule has 0 aromatic carbocycles. The second-order valence-electron chi connectivity index (χ2n) is 1.09. The molecule has 0 aromatic heterocycles. The molecular weight excluding hydrogens is 88.1 g/mol. The van der Waals surface area contributed by atoms with Gasteiger partial charge in [0.2, 0.25) is 0 Å². The van der Waals surface area contributed by atoms with Crippen LogP contribution in [-0.2, 0) is 4.74 Å². The average Bonchev–Trinajstić information content (AvgIpc) is 1.69. The van der Waals surface area contributed by atoms with Crippen LogP contribution in [0.1, 0.15) is 12.8 Å². The molecule has 0 saturated carbocycles. The van der Waals surface area contributed by atoms with Crippen molar-refractivity contribution < 1.29 is 4.74 Å². The summed E-state index contributed by atoms with van der Waals surface area (Å²) in [5.41, 5.74) is 0. The maximum absolute atomic E-state index is 4.46. The zero-order valence-electron chi connectivity index (χ0n) is 4.53. The SMILES string of the molecule is [CH2]CCC#COC. The van der Waals surface area contributed by atoms with Crippen molar-refractivity contribution in [2.75, 3.05) is 7.11 Å². The summed E-state index contributed by atoms with van der Waals surface area (Å²) in [4.78, 5) is 0. The van der Waals surface area contributed by atoms with Crippen LogP contribution in [0.25, 0.3) is 0 Å². The van der Waals surface area contributed by atoms with Gasteiger partial charge in [0.15, 0.2) is 0 Å². The van der Waals surface area contributed by atoms with E-state index in [1.54, 1.807) is 7.11 Å². The number of hydrogen-bond donors (Lipinski definition) is 0. The highest BCUT2D eigenvalue weighted by Crippen LogP contribution is 1.78. The molecule has 0 amide bonds. The van der Waals surface area contributed by atoms with Gasteiger partial charge in [-0.1, -0.05) is 12.8 Å². The molecule has 0 spiro atoms. The molecule has 0 bridgehead atoms. The molecule has 1 heteroatoms. The van der Waals surface area contributed by atoms with E-state index in [2.05, 4.69) is 23.7 Å². The van der Waals surface area contributed by atoms with Gasteiger partial charge >= 0.3 is 0 Å². The standard InChI is InChI=1S/C6H9O/c1-3-4-5-6-7-2/h1,3-4H2,2H3. The molecule has 0 N–H and O–H groups in total. The Hall–Kier alpha value is -0.640. The first kappa shape index (κ1) is 6.36. The van der Waals surface area contributed by atoms with E-state index in [4.69, 9.17) is 0 Å². The molecule has 0 heterocycles.